The van der Waals surface area contributed by atoms with E-state index in [2.05, 4.69) is 510 Å². The molecule has 0 bridgehead atoms. The molecule has 722 valence electrons. The van der Waals surface area contributed by atoms with Crippen LogP contribution in [0.4, 0.5) is 0 Å². The third kappa shape index (κ3) is 14.8. The van der Waals surface area contributed by atoms with E-state index in [1.807, 2.05) is 0 Å². The summed E-state index contributed by atoms with van der Waals surface area (Å²) in [5.41, 5.74) is 71.8. The predicted molar refractivity (Wildman–Crippen MR) is 637 cm³/mol. The van der Waals surface area contributed by atoms with Crippen molar-refractivity contribution in [3.05, 3.63) is 590 Å². The monoisotopic (exact) mass is 1920 g/mol. The average Bonchev–Trinajstić information content (AvgIpc) is 1.50. The van der Waals surface area contributed by atoms with Crippen LogP contribution in [0, 0.1) is 104 Å². The third-order valence-corrected chi connectivity index (χ3v) is 34.6. The largest absolute Gasteiger partial charge is 0.0725 e. The molecule has 0 N–H and O–H groups in total. The van der Waals surface area contributed by atoms with E-state index in [1.165, 1.54) is 338 Å². The van der Waals surface area contributed by atoms with Crippen LogP contribution < -0.4 is 0 Å². The van der Waals surface area contributed by atoms with E-state index >= 15 is 0 Å². The summed E-state index contributed by atoms with van der Waals surface area (Å²) in [5, 5.41) is 13.9. The molecule has 23 aromatic rings. The van der Waals surface area contributed by atoms with Crippen LogP contribution in [-0.2, 0) is 42.9 Å². The van der Waals surface area contributed by atoms with Crippen LogP contribution in [0.3, 0.4) is 0 Å². The molecule has 0 fully saturated rings. The van der Waals surface area contributed by atoms with Gasteiger partial charge < -0.3 is 0 Å². The van der Waals surface area contributed by atoms with Crippen molar-refractivity contribution < 1.29 is 0 Å². The fourth-order valence-corrected chi connectivity index (χ4v) is 28.1. The minimum absolute atomic E-state index is 0.199. The summed E-state index contributed by atoms with van der Waals surface area (Å²) in [6, 6.07) is 151. The first kappa shape index (κ1) is 93.2. The summed E-state index contributed by atoms with van der Waals surface area (Å²) in [6.45, 7) is 33.1. The highest BCUT2D eigenvalue weighted by molar-refractivity contribution is 6.08. The average molecular weight is 1920 g/mol. The summed E-state index contributed by atoms with van der Waals surface area (Å²) in [7, 11) is 0. The first-order chi connectivity index (χ1) is 73.0. The van der Waals surface area contributed by atoms with Gasteiger partial charge in [-0.2, -0.15) is 0 Å². The summed E-state index contributed by atoms with van der Waals surface area (Å²) < 4.78 is 0. The zero-order valence-electron chi connectivity index (χ0n) is 88.7. The molecular formula is C150H122. The third-order valence-electron chi connectivity index (χ3n) is 34.6. The molecule has 23 aromatic carbocycles. The molecule has 0 heterocycles. The first-order valence-electron chi connectivity index (χ1n) is 53.9. The van der Waals surface area contributed by atoms with Crippen molar-refractivity contribution in [1.29, 1.82) is 0 Å². The van der Waals surface area contributed by atoms with E-state index in [4.69, 9.17) is 0 Å². The second kappa shape index (κ2) is 36.4. The van der Waals surface area contributed by atoms with E-state index in [9.17, 15) is 0 Å². The van der Waals surface area contributed by atoms with Gasteiger partial charge in [0, 0.05) is 0 Å². The number of hydrogen-bond acceptors (Lipinski definition) is 0. The minimum atomic E-state index is -0.208. The molecule has 150 heavy (non-hydrogen) atoms. The molecule has 0 aliphatic heterocycles. The lowest BCUT2D eigenvalue weighted by Crippen LogP contribution is -2.25. The zero-order valence-corrected chi connectivity index (χ0v) is 88.7. The Labute approximate surface area is 884 Å². The van der Waals surface area contributed by atoms with Gasteiger partial charge in [0.05, 0.1) is 10.8 Å². The van der Waals surface area contributed by atoms with Crippen molar-refractivity contribution in [3.63, 3.8) is 0 Å². The quantitative estimate of drug-likeness (QED) is 0.142. The van der Waals surface area contributed by atoms with Crippen molar-refractivity contribution in [2.24, 2.45) is 0 Å². The fraction of sp³-hybridized carbons (Fsp3) is 0.147. The predicted octanol–water partition coefficient (Wildman–Crippen LogP) is 38.7. The molecule has 0 saturated carbocycles. The molecule has 0 radical (unpaired) electrons. The number of benzene rings is 23. The van der Waals surface area contributed by atoms with Crippen molar-refractivity contribution in [3.8, 4) is 100 Å². The highest BCUT2D eigenvalue weighted by Gasteiger charge is 2.54. The van der Waals surface area contributed by atoms with Crippen molar-refractivity contribution in [1.82, 2.24) is 0 Å². The molecule has 9 aliphatic rings. The maximum atomic E-state index is 2.37. The number of aryl methyl sites for hydroxylation is 15. The second-order valence-corrected chi connectivity index (χ2v) is 44.3. The van der Waals surface area contributed by atoms with Gasteiger partial charge >= 0.3 is 0 Å². The van der Waals surface area contributed by atoms with E-state index in [-0.39, 0.29) is 10.8 Å². The number of rotatable bonds is 0. The van der Waals surface area contributed by atoms with E-state index < -0.39 is 0 Å². The molecule has 32 rings (SSSR count). The van der Waals surface area contributed by atoms with Gasteiger partial charge in [-0.15, -0.1) is 0 Å². The number of hydrogen-bond donors (Lipinski definition) is 0. The van der Waals surface area contributed by atoms with E-state index in [0.29, 0.717) is 0 Å². The van der Waals surface area contributed by atoms with Crippen LogP contribution in [0.5, 0.6) is 0 Å². The molecule has 0 unspecified atom stereocenters. The zero-order chi connectivity index (χ0) is 102. The van der Waals surface area contributed by atoms with Gasteiger partial charge in [0.1, 0.15) is 0 Å². The molecule has 9 aliphatic carbocycles. The van der Waals surface area contributed by atoms with Crippen LogP contribution in [0.2, 0.25) is 0 Å². The van der Waals surface area contributed by atoms with Crippen molar-refractivity contribution >= 4 is 53.9 Å². The summed E-state index contributed by atoms with van der Waals surface area (Å²) in [4.78, 5) is 0. The van der Waals surface area contributed by atoms with Crippen LogP contribution in [-0.4, -0.2) is 0 Å². The Balaban J connectivity index is 0.0000000888. The fourth-order valence-electron chi connectivity index (χ4n) is 28.1. The molecule has 2 spiro atoms. The lowest BCUT2D eigenvalue weighted by molar-refractivity contribution is 0.792. The Bertz CT molecular complexity index is 9450. The van der Waals surface area contributed by atoms with E-state index in [0.717, 1.165) is 32.1 Å². The van der Waals surface area contributed by atoms with Crippen LogP contribution in [0.1, 0.15) is 184 Å². The van der Waals surface area contributed by atoms with E-state index in [1.54, 1.807) is 0 Å². The van der Waals surface area contributed by atoms with Crippen LogP contribution in [0.25, 0.3) is 154 Å². The van der Waals surface area contributed by atoms with Gasteiger partial charge in [-0.1, -0.05) is 434 Å². The lowest BCUT2D eigenvalue weighted by atomic mass is 9.70. The molecule has 0 saturated heterocycles. The maximum absolute atomic E-state index is 2.37. The molecule has 0 amide bonds. The van der Waals surface area contributed by atoms with Crippen LogP contribution in [0.15, 0.2) is 406 Å². The highest BCUT2D eigenvalue weighted by Crippen LogP contribution is 2.67. The van der Waals surface area contributed by atoms with Gasteiger partial charge in [0.2, 0.25) is 0 Å². The van der Waals surface area contributed by atoms with Crippen molar-refractivity contribution in [2.75, 3.05) is 0 Å². The van der Waals surface area contributed by atoms with Gasteiger partial charge in [0.15, 0.2) is 0 Å². The van der Waals surface area contributed by atoms with Crippen LogP contribution >= 0.6 is 0 Å². The summed E-state index contributed by atoms with van der Waals surface area (Å²) in [6.07, 6.45) is 5.40. The Morgan fingerprint density at radius 2 is 0.407 bits per heavy atom. The first-order valence-corrected chi connectivity index (χ1v) is 53.9. The van der Waals surface area contributed by atoms with Crippen molar-refractivity contribution in [2.45, 2.75) is 147 Å². The SMILES string of the molecule is Cc1ccc2c(c1)-c1c(cc(C)c3ccccc13)C2.Cc1ccc2c(c1)-c1c(ccc3c(C)cccc13)C2.Cc1ccc2c(c1)Cc1cc(C)c3ccccc3c1-2.Cc1ccc2c(c1)Cc1cc3cc(C)ccc3cc1-2.Cc1ccc2c(c1)Cc1ccc3c(C)cccc3c1-2.Cc1cccc2c1-c1c(C)cccc1C21c2ccccc2-c2ccccc21.Cc1cccc2c1-c1ccccc1C21c2cccc(C)c2-c2c(C)cccc21. The molecule has 0 atom stereocenters. The van der Waals surface area contributed by atoms with Gasteiger partial charge in [-0.3, -0.25) is 0 Å². The Hall–Kier alpha value is -16.6. The second-order valence-electron chi connectivity index (χ2n) is 44.3. The van der Waals surface area contributed by atoms with Gasteiger partial charge in [-0.25, -0.2) is 0 Å². The summed E-state index contributed by atoms with van der Waals surface area (Å²) >= 11 is 0. The minimum Gasteiger partial charge on any atom is -0.0619 e. The molecule has 0 aromatic heterocycles. The summed E-state index contributed by atoms with van der Waals surface area (Å²) in [5.74, 6) is 0. The molecule has 0 nitrogen and oxygen atoms in total. The normalized spacial score (nSPS) is 13.3. The molecule has 0 heteroatoms. The smallest absolute Gasteiger partial charge is 0.0619 e. The lowest BCUT2D eigenvalue weighted by Gasteiger charge is -2.30. The Morgan fingerprint density at radius 3 is 0.873 bits per heavy atom. The maximum Gasteiger partial charge on any atom is 0.0725 e. The van der Waals surface area contributed by atoms with Gasteiger partial charge in [-0.05, 0) is 446 Å². The van der Waals surface area contributed by atoms with Gasteiger partial charge in [0.25, 0.3) is 0 Å². The molecular weight excluding hydrogens is 1800 g/mol. The number of fused-ring (bicyclic) bond motifs is 44. The highest BCUT2D eigenvalue weighted by atomic mass is 14.6. The standard InChI is InChI=1S/C28H22.C27H20.5C19H16/c1-17-9-6-14-22-25(17)20-12-4-5-13-21(20)28(22)23-15-7-10-18(2)26(23)27-19(3)11-8-16-24(27)28;1-17-9-7-15-23-25(17)26-18(2)10-8-16-24(26)27(23)21-13-5-3-11-19(21)20-12-4-6-14-22(20)27;1-12-3-5-14-11-19-17(9-15(14)7-12)10-16-8-13(2)4-6-18(16)19;1-12-6-8-17-15(10-12)11-14-7-9-16-13(2)4-3-5-18(16)19(14)17;1-12-6-7-14-11-15-8-9-16-13(2)4-3-5-17(16)19(15)18(14)10-12;1-12-7-8-17-14(9-12)11-15-10-13(2)16-5-3-4-6-18(16)19(15)17;1-12-7-8-14-11-15-10-13(2)16-5-3-4-6-17(16)19(15)18(14)9-12/h4-16H,1-3H3;3-16H,1-2H3;3-9,11H,10H2,1-2H3;4*3-10H,11H2,1-2H3. The topological polar surface area (TPSA) is 0 Å². The Morgan fingerprint density at radius 1 is 0.127 bits per heavy atom. The Kier molecular flexibility index (Phi) is 22.6.